The number of amides is 1. The topological polar surface area (TPSA) is 55.3 Å². The minimum atomic E-state index is -0.170. The summed E-state index contributed by atoms with van der Waals surface area (Å²) >= 11 is 1.52. The fraction of sp³-hybridized carbons (Fsp3) is 0.148. The Balaban J connectivity index is 1.65. The average Bonchev–Trinajstić information content (AvgIpc) is 3.26. The Morgan fingerprint density at radius 1 is 1.00 bits per heavy atom. The number of nitrogens with zero attached hydrogens (tertiary/aromatic N) is 3. The van der Waals surface area contributed by atoms with E-state index in [1.54, 1.807) is 18.2 Å². The molecule has 5 aromatic rings. The van der Waals surface area contributed by atoms with Crippen molar-refractivity contribution >= 4 is 43.4 Å². The lowest BCUT2D eigenvalue weighted by Gasteiger charge is -2.21. The zero-order chi connectivity index (χ0) is 22.9. The summed E-state index contributed by atoms with van der Waals surface area (Å²) in [4.78, 5) is 25.0. The van der Waals surface area contributed by atoms with Gasteiger partial charge in [0.2, 0.25) is 0 Å². The molecular weight excluding hydrogens is 430 g/mol. The molecule has 5 nitrogen and oxygen atoms in total. The van der Waals surface area contributed by atoms with E-state index in [1.165, 1.54) is 16.9 Å². The number of thiazole rings is 1. The van der Waals surface area contributed by atoms with Gasteiger partial charge in [-0.2, -0.15) is 0 Å². The number of carbonyl (C=O) groups is 1. The summed E-state index contributed by atoms with van der Waals surface area (Å²) < 4.78 is 6.69. The predicted molar refractivity (Wildman–Crippen MR) is 134 cm³/mol. The van der Waals surface area contributed by atoms with E-state index in [9.17, 15) is 4.79 Å². The van der Waals surface area contributed by atoms with Crippen LogP contribution < -0.4 is 9.64 Å². The summed E-state index contributed by atoms with van der Waals surface area (Å²) in [6.07, 6.45) is 1.74. The fourth-order valence-electron chi connectivity index (χ4n) is 4.06. The van der Waals surface area contributed by atoms with E-state index < -0.39 is 0 Å². The highest BCUT2D eigenvalue weighted by Crippen LogP contribution is 2.35. The van der Waals surface area contributed by atoms with E-state index in [1.807, 2.05) is 54.6 Å². The monoisotopic (exact) mass is 453 g/mol. The van der Waals surface area contributed by atoms with Crippen LogP contribution in [-0.4, -0.2) is 23.0 Å². The molecule has 0 saturated heterocycles. The summed E-state index contributed by atoms with van der Waals surface area (Å²) in [5.74, 6) is 0.370. The largest absolute Gasteiger partial charge is 0.496 e. The van der Waals surface area contributed by atoms with Gasteiger partial charge in [0, 0.05) is 6.20 Å². The maximum atomic E-state index is 14.0. The second kappa shape index (κ2) is 8.64. The lowest BCUT2D eigenvalue weighted by atomic mass is 10.0. The zero-order valence-electron chi connectivity index (χ0n) is 18.7. The molecule has 0 aliphatic rings. The minimum absolute atomic E-state index is 0.170. The summed E-state index contributed by atoms with van der Waals surface area (Å²) in [5.41, 5.74) is 4.48. The van der Waals surface area contributed by atoms with Crippen molar-refractivity contribution < 1.29 is 9.53 Å². The van der Waals surface area contributed by atoms with Gasteiger partial charge in [0.05, 0.1) is 35.1 Å². The quantitative estimate of drug-likeness (QED) is 0.313. The number of aromatic nitrogens is 2. The van der Waals surface area contributed by atoms with Gasteiger partial charge in [-0.05, 0) is 66.1 Å². The Morgan fingerprint density at radius 2 is 1.76 bits per heavy atom. The number of benzene rings is 3. The van der Waals surface area contributed by atoms with Crippen LogP contribution in [0.5, 0.6) is 5.75 Å². The van der Waals surface area contributed by atoms with Crippen LogP contribution in [0.2, 0.25) is 0 Å². The maximum absolute atomic E-state index is 14.0. The second-order valence-electron chi connectivity index (χ2n) is 8.04. The van der Waals surface area contributed by atoms with Crippen molar-refractivity contribution in [1.29, 1.82) is 0 Å². The Bertz CT molecular complexity index is 1480. The molecule has 0 aliphatic carbocycles. The lowest BCUT2D eigenvalue weighted by molar-refractivity contribution is 0.0982. The van der Waals surface area contributed by atoms with Crippen LogP contribution >= 0.6 is 11.3 Å². The van der Waals surface area contributed by atoms with Crippen molar-refractivity contribution in [2.45, 2.75) is 20.4 Å². The summed E-state index contributed by atoms with van der Waals surface area (Å²) in [7, 11) is 1.59. The van der Waals surface area contributed by atoms with Crippen molar-refractivity contribution in [3.05, 3.63) is 95.3 Å². The molecule has 164 valence electrons. The molecule has 0 fully saturated rings. The smallest absolute Gasteiger partial charge is 0.264 e. The summed E-state index contributed by atoms with van der Waals surface area (Å²) in [6.45, 7) is 4.44. The first-order chi connectivity index (χ1) is 16.0. The Kier molecular flexibility index (Phi) is 5.52. The third-order valence-corrected chi connectivity index (χ3v) is 6.66. The van der Waals surface area contributed by atoms with Gasteiger partial charge in [0.25, 0.3) is 5.91 Å². The van der Waals surface area contributed by atoms with Crippen LogP contribution in [0.4, 0.5) is 5.13 Å². The average molecular weight is 454 g/mol. The van der Waals surface area contributed by atoms with Crippen LogP contribution in [0.1, 0.15) is 27.2 Å². The van der Waals surface area contributed by atoms with Gasteiger partial charge in [-0.25, -0.2) is 4.98 Å². The number of hydrogen-bond acceptors (Lipinski definition) is 5. The van der Waals surface area contributed by atoms with E-state index in [4.69, 9.17) is 9.72 Å². The molecule has 6 heteroatoms. The molecule has 0 saturated carbocycles. The van der Waals surface area contributed by atoms with Gasteiger partial charge >= 0.3 is 0 Å². The van der Waals surface area contributed by atoms with Gasteiger partial charge in [-0.15, -0.1) is 0 Å². The molecule has 33 heavy (non-hydrogen) atoms. The molecule has 2 heterocycles. The molecule has 0 bridgehead atoms. The standard InChI is InChI=1S/C27H23N3O2S/c1-17-12-18(2)25-24(13-17)33-27(29-25)30(16-21-10-6-7-11-28-21)26(31)22-14-19-8-4-5-9-20(19)15-23(22)32-3/h4-15H,16H2,1-3H3. The van der Waals surface area contributed by atoms with Crippen molar-refractivity contribution in [2.24, 2.45) is 0 Å². The highest BCUT2D eigenvalue weighted by Gasteiger charge is 2.25. The minimum Gasteiger partial charge on any atom is -0.496 e. The maximum Gasteiger partial charge on any atom is 0.264 e. The molecule has 3 aromatic carbocycles. The van der Waals surface area contributed by atoms with E-state index in [-0.39, 0.29) is 5.91 Å². The summed E-state index contributed by atoms with van der Waals surface area (Å²) in [5, 5.41) is 2.65. The first kappa shape index (κ1) is 21.1. The Labute approximate surface area is 196 Å². The third kappa shape index (κ3) is 4.05. The third-order valence-electron chi connectivity index (χ3n) is 5.64. The van der Waals surface area contributed by atoms with Gasteiger partial charge in [0.1, 0.15) is 5.75 Å². The second-order valence-corrected chi connectivity index (χ2v) is 9.05. The van der Waals surface area contributed by atoms with Crippen LogP contribution in [0.3, 0.4) is 0 Å². The van der Waals surface area contributed by atoms with Gasteiger partial charge in [-0.3, -0.25) is 14.7 Å². The Morgan fingerprint density at radius 3 is 2.48 bits per heavy atom. The number of aryl methyl sites for hydroxylation is 2. The van der Waals surface area contributed by atoms with E-state index in [0.717, 1.165) is 32.2 Å². The number of carbonyl (C=O) groups excluding carboxylic acids is 1. The SMILES string of the molecule is COc1cc2ccccc2cc1C(=O)N(Cc1ccccn1)c1nc2c(C)cc(C)cc2s1. The Hall–Kier alpha value is -3.77. The lowest BCUT2D eigenvalue weighted by Crippen LogP contribution is -2.31. The number of anilines is 1. The highest BCUT2D eigenvalue weighted by atomic mass is 32.1. The molecule has 0 atom stereocenters. The molecule has 1 amide bonds. The zero-order valence-corrected chi connectivity index (χ0v) is 19.5. The van der Waals surface area contributed by atoms with Crippen molar-refractivity contribution in [3.63, 3.8) is 0 Å². The first-order valence-corrected chi connectivity index (χ1v) is 11.5. The van der Waals surface area contributed by atoms with Gasteiger partial charge in [-0.1, -0.05) is 47.7 Å². The van der Waals surface area contributed by atoms with E-state index >= 15 is 0 Å². The van der Waals surface area contributed by atoms with E-state index in [0.29, 0.717) is 23.0 Å². The molecule has 0 unspecified atom stereocenters. The number of rotatable bonds is 5. The normalized spacial score (nSPS) is 11.1. The molecular formula is C27H23N3O2S. The number of methoxy groups -OCH3 is 1. The van der Waals surface area contributed by atoms with Crippen LogP contribution in [0, 0.1) is 13.8 Å². The summed E-state index contributed by atoms with van der Waals surface area (Å²) in [6, 6.07) is 21.7. The highest BCUT2D eigenvalue weighted by molar-refractivity contribution is 7.22. The number of fused-ring (bicyclic) bond motifs is 2. The predicted octanol–water partition coefficient (Wildman–Crippen LogP) is 6.32. The number of hydrogen-bond donors (Lipinski definition) is 0. The van der Waals surface area contributed by atoms with Crippen molar-refractivity contribution in [1.82, 2.24) is 9.97 Å². The van der Waals surface area contributed by atoms with E-state index in [2.05, 4.69) is 31.0 Å². The van der Waals surface area contributed by atoms with Gasteiger partial charge in [0.15, 0.2) is 5.13 Å². The van der Waals surface area contributed by atoms with Crippen LogP contribution in [0.25, 0.3) is 21.0 Å². The number of ether oxygens (including phenoxy) is 1. The van der Waals surface area contributed by atoms with Crippen LogP contribution in [0.15, 0.2) is 72.9 Å². The fourth-order valence-corrected chi connectivity index (χ4v) is 5.19. The van der Waals surface area contributed by atoms with Crippen molar-refractivity contribution in [2.75, 3.05) is 12.0 Å². The number of pyridine rings is 1. The molecule has 0 spiro atoms. The molecule has 0 N–H and O–H groups in total. The van der Waals surface area contributed by atoms with Crippen molar-refractivity contribution in [3.8, 4) is 5.75 Å². The molecule has 5 rings (SSSR count). The molecule has 2 aromatic heterocycles. The molecule has 0 aliphatic heterocycles. The van der Waals surface area contributed by atoms with Crippen LogP contribution in [-0.2, 0) is 6.54 Å². The first-order valence-electron chi connectivity index (χ1n) is 10.7. The molecule has 0 radical (unpaired) electrons. The van der Waals surface area contributed by atoms with Gasteiger partial charge < -0.3 is 4.74 Å².